The zero-order valence-corrected chi connectivity index (χ0v) is 14.1. The van der Waals surface area contributed by atoms with Crippen molar-refractivity contribution in [1.82, 2.24) is 10.6 Å². The second kappa shape index (κ2) is 9.66. The number of hydrogen-bond acceptors (Lipinski definition) is 3. The molecule has 0 aliphatic heterocycles. The van der Waals surface area contributed by atoms with Crippen LogP contribution in [0.5, 0.6) is 0 Å². The second-order valence-corrected chi connectivity index (χ2v) is 6.17. The first kappa shape index (κ1) is 18.7. The van der Waals surface area contributed by atoms with Gasteiger partial charge < -0.3 is 20.5 Å². The third kappa shape index (κ3) is 7.11. The van der Waals surface area contributed by atoms with Crippen LogP contribution in [0, 0.1) is 5.92 Å². The summed E-state index contributed by atoms with van der Waals surface area (Å²) in [6.45, 7) is 6.95. The number of amides is 2. The molecule has 124 valence electrons. The van der Waals surface area contributed by atoms with Gasteiger partial charge in [-0.2, -0.15) is 0 Å². The number of aliphatic hydroxyl groups excluding tert-OH is 1. The highest BCUT2D eigenvalue weighted by Gasteiger charge is 2.15. The molecule has 2 unspecified atom stereocenters. The van der Waals surface area contributed by atoms with E-state index in [9.17, 15) is 9.90 Å². The summed E-state index contributed by atoms with van der Waals surface area (Å²) in [4.78, 5) is 11.9. The summed E-state index contributed by atoms with van der Waals surface area (Å²) in [5.74, 6) is 0.463. The van der Waals surface area contributed by atoms with E-state index in [1.807, 2.05) is 6.92 Å². The lowest BCUT2D eigenvalue weighted by molar-refractivity contribution is 0.0951. The number of halogens is 1. The van der Waals surface area contributed by atoms with E-state index in [0.29, 0.717) is 24.2 Å². The summed E-state index contributed by atoms with van der Waals surface area (Å²) in [6, 6.07) is 6.08. The second-order valence-electron chi connectivity index (χ2n) is 5.74. The molecule has 0 heterocycles. The minimum atomic E-state index is -0.471. The number of benzene rings is 1. The molecule has 0 bridgehead atoms. The first-order valence-electron chi connectivity index (χ1n) is 7.43. The highest BCUT2D eigenvalue weighted by atomic mass is 35.5. The van der Waals surface area contributed by atoms with Crippen molar-refractivity contribution in [3.8, 4) is 0 Å². The molecule has 0 saturated heterocycles. The summed E-state index contributed by atoms with van der Waals surface area (Å²) < 4.78 is 5.48. The van der Waals surface area contributed by atoms with Gasteiger partial charge >= 0.3 is 6.03 Å². The first-order valence-corrected chi connectivity index (χ1v) is 7.81. The Kier molecular flexibility index (Phi) is 8.24. The summed E-state index contributed by atoms with van der Waals surface area (Å²) in [7, 11) is 0. The number of urea groups is 1. The SMILES string of the molecule is CC(C)COCC(C)NC(=O)NC(CO)c1ccc(Cl)cc1. The number of nitrogens with one attached hydrogen (secondary N) is 2. The molecule has 0 fully saturated rings. The molecule has 3 N–H and O–H groups in total. The standard InChI is InChI=1S/C16H25ClN2O3/c1-11(2)9-22-10-12(3)18-16(21)19-15(8-20)13-4-6-14(17)7-5-13/h4-7,11-12,15,20H,8-10H2,1-3H3,(H2,18,19,21). The van der Waals surface area contributed by atoms with Crippen LogP contribution in [0.15, 0.2) is 24.3 Å². The zero-order valence-electron chi connectivity index (χ0n) is 13.3. The highest BCUT2D eigenvalue weighted by molar-refractivity contribution is 6.30. The molecule has 0 saturated carbocycles. The molecule has 22 heavy (non-hydrogen) atoms. The molecule has 1 aromatic carbocycles. The minimum absolute atomic E-state index is 0.108. The third-order valence-electron chi connectivity index (χ3n) is 2.96. The van der Waals surface area contributed by atoms with Gasteiger partial charge in [0.1, 0.15) is 0 Å². The summed E-state index contributed by atoms with van der Waals surface area (Å²) >= 11 is 5.83. The molecule has 5 nitrogen and oxygen atoms in total. The monoisotopic (exact) mass is 328 g/mol. The van der Waals surface area contributed by atoms with E-state index in [4.69, 9.17) is 16.3 Å². The largest absolute Gasteiger partial charge is 0.394 e. The van der Waals surface area contributed by atoms with E-state index in [1.165, 1.54) is 0 Å². The fourth-order valence-electron chi connectivity index (χ4n) is 1.88. The highest BCUT2D eigenvalue weighted by Crippen LogP contribution is 2.16. The van der Waals surface area contributed by atoms with Crippen LogP contribution in [0.3, 0.4) is 0 Å². The van der Waals surface area contributed by atoms with Gasteiger partial charge in [-0.3, -0.25) is 0 Å². The number of aliphatic hydroxyl groups is 1. The van der Waals surface area contributed by atoms with Crippen molar-refractivity contribution < 1.29 is 14.6 Å². The Morgan fingerprint density at radius 2 is 1.82 bits per heavy atom. The summed E-state index contributed by atoms with van der Waals surface area (Å²) in [5.41, 5.74) is 0.797. The Morgan fingerprint density at radius 1 is 1.18 bits per heavy atom. The van der Waals surface area contributed by atoms with Crippen LogP contribution < -0.4 is 10.6 Å². The summed E-state index contributed by atoms with van der Waals surface area (Å²) in [6.07, 6.45) is 0. The predicted octanol–water partition coefficient (Wildman–Crippen LogP) is 2.73. The normalized spacial score (nSPS) is 13.7. The van der Waals surface area contributed by atoms with Crippen molar-refractivity contribution in [1.29, 1.82) is 0 Å². The first-order chi connectivity index (χ1) is 10.4. The Labute approximate surface area is 137 Å². The number of ether oxygens (including phenoxy) is 1. The number of carbonyl (C=O) groups excluding carboxylic acids is 1. The van der Waals surface area contributed by atoms with Crippen LogP contribution in [-0.4, -0.2) is 37.0 Å². The van der Waals surface area contributed by atoms with Crippen LogP contribution in [-0.2, 0) is 4.74 Å². The van der Waals surface area contributed by atoms with Gasteiger partial charge in [-0.15, -0.1) is 0 Å². The van der Waals surface area contributed by atoms with E-state index in [0.717, 1.165) is 5.56 Å². The molecule has 0 aromatic heterocycles. The van der Waals surface area contributed by atoms with Gasteiger partial charge in [-0.1, -0.05) is 37.6 Å². The van der Waals surface area contributed by atoms with Gasteiger partial charge in [0.2, 0.25) is 0 Å². The molecule has 6 heteroatoms. The molecular weight excluding hydrogens is 304 g/mol. The maximum atomic E-state index is 11.9. The van der Waals surface area contributed by atoms with Crippen LogP contribution >= 0.6 is 11.6 Å². The van der Waals surface area contributed by atoms with Gasteiger partial charge in [0.05, 0.1) is 25.3 Å². The van der Waals surface area contributed by atoms with Crippen LogP contribution in [0.1, 0.15) is 32.4 Å². The van der Waals surface area contributed by atoms with Crippen molar-refractivity contribution in [3.05, 3.63) is 34.9 Å². The summed E-state index contributed by atoms with van der Waals surface area (Å²) in [5, 5.41) is 15.6. The van der Waals surface area contributed by atoms with Crippen molar-refractivity contribution >= 4 is 17.6 Å². The topological polar surface area (TPSA) is 70.6 Å². The Bertz CT molecular complexity index is 451. The van der Waals surface area contributed by atoms with Gasteiger partial charge in [0, 0.05) is 11.6 Å². The van der Waals surface area contributed by atoms with E-state index in [-0.39, 0.29) is 18.7 Å². The fraction of sp³-hybridized carbons (Fsp3) is 0.562. The lowest BCUT2D eigenvalue weighted by Crippen LogP contribution is -2.44. The third-order valence-corrected chi connectivity index (χ3v) is 3.21. The van der Waals surface area contributed by atoms with E-state index in [1.54, 1.807) is 24.3 Å². The molecule has 0 aliphatic rings. The molecule has 0 aliphatic carbocycles. The Balaban J connectivity index is 2.43. The van der Waals surface area contributed by atoms with Crippen molar-refractivity contribution in [3.63, 3.8) is 0 Å². The average Bonchev–Trinajstić information content (AvgIpc) is 2.45. The molecule has 1 aromatic rings. The van der Waals surface area contributed by atoms with Crippen LogP contribution in [0.2, 0.25) is 5.02 Å². The van der Waals surface area contributed by atoms with E-state index < -0.39 is 6.04 Å². The number of carbonyl (C=O) groups is 1. The lowest BCUT2D eigenvalue weighted by atomic mass is 10.1. The van der Waals surface area contributed by atoms with Gasteiger partial charge in [0.25, 0.3) is 0 Å². The van der Waals surface area contributed by atoms with Crippen LogP contribution in [0.25, 0.3) is 0 Å². The van der Waals surface area contributed by atoms with Gasteiger partial charge in [-0.25, -0.2) is 4.79 Å². The molecule has 1 rings (SSSR count). The maximum Gasteiger partial charge on any atom is 0.315 e. The average molecular weight is 329 g/mol. The Morgan fingerprint density at radius 3 is 2.36 bits per heavy atom. The van der Waals surface area contributed by atoms with Crippen LogP contribution in [0.4, 0.5) is 4.79 Å². The fourth-order valence-corrected chi connectivity index (χ4v) is 2.00. The number of hydrogen-bond donors (Lipinski definition) is 3. The van der Waals surface area contributed by atoms with E-state index in [2.05, 4.69) is 24.5 Å². The Hall–Kier alpha value is -1.30. The number of rotatable bonds is 8. The molecule has 2 atom stereocenters. The molecule has 0 radical (unpaired) electrons. The minimum Gasteiger partial charge on any atom is -0.394 e. The van der Waals surface area contributed by atoms with Gasteiger partial charge in [-0.05, 0) is 30.5 Å². The van der Waals surface area contributed by atoms with Gasteiger partial charge in [0.15, 0.2) is 0 Å². The van der Waals surface area contributed by atoms with Crippen molar-refractivity contribution in [2.24, 2.45) is 5.92 Å². The molecular formula is C16H25ClN2O3. The smallest absolute Gasteiger partial charge is 0.315 e. The molecule has 2 amide bonds. The van der Waals surface area contributed by atoms with Crippen molar-refractivity contribution in [2.75, 3.05) is 19.8 Å². The van der Waals surface area contributed by atoms with Crippen molar-refractivity contribution in [2.45, 2.75) is 32.9 Å². The maximum absolute atomic E-state index is 11.9. The zero-order chi connectivity index (χ0) is 16.5. The molecule has 0 spiro atoms. The lowest BCUT2D eigenvalue weighted by Gasteiger charge is -2.20. The predicted molar refractivity (Wildman–Crippen MR) is 88.1 cm³/mol. The quantitative estimate of drug-likeness (QED) is 0.687. The van der Waals surface area contributed by atoms with E-state index >= 15 is 0 Å².